The summed E-state index contributed by atoms with van der Waals surface area (Å²) in [6.45, 7) is 6.08. The predicted molar refractivity (Wildman–Crippen MR) is 62.1 cm³/mol. The Bertz CT molecular complexity index is 145. The topological polar surface area (TPSA) is 62.4 Å². The van der Waals surface area contributed by atoms with Gasteiger partial charge in [-0.25, -0.2) is 5.84 Å². The summed E-state index contributed by atoms with van der Waals surface area (Å²) in [7, 11) is 0. The maximum absolute atomic E-state index is 5.31. The summed E-state index contributed by atoms with van der Waals surface area (Å²) in [6, 6.07) is 0. The molecule has 0 heterocycles. The predicted octanol–water partition coefficient (Wildman–Crippen LogP) is 1.39. The van der Waals surface area contributed by atoms with Crippen LogP contribution in [0.4, 0.5) is 0 Å². The number of hydrazine groups is 1. The second-order valence-electron chi connectivity index (χ2n) is 3.36. The van der Waals surface area contributed by atoms with Gasteiger partial charge in [0.05, 0.1) is 0 Å². The fourth-order valence-electron chi connectivity index (χ4n) is 1.13. The normalized spacial score (nSPS) is 11.5. The molecule has 0 aliphatic rings. The molecule has 0 radical (unpaired) electrons. The molecule has 4 heteroatoms. The third-order valence-corrected chi connectivity index (χ3v) is 1.95. The Kier molecular flexibility index (Phi) is 9.74. The Hall–Kier alpha value is -0.770. The third kappa shape index (κ3) is 7.86. The molecule has 0 aromatic carbocycles. The molecule has 0 aliphatic heterocycles. The van der Waals surface area contributed by atoms with E-state index in [2.05, 4.69) is 29.6 Å². The number of unbranched alkanes of at least 4 members (excludes halogenated alkanes) is 3. The van der Waals surface area contributed by atoms with Gasteiger partial charge in [-0.15, -0.1) is 0 Å². The Balaban J connectivity index is 3.42. The van der Waals surface area contributed by atoms with Gasteiger partial charge >= 0.3 is 0 Å². The van der Waals surface area contributed by atoms with Crippen molar-refractivity contribution in [2.45, 2.75) is 46.0 Å². The fraction of sp³-hybridized carbons (Fsp3) is 0.900. The molecule has 0 aromatic rings. The van der Waals surface area contributed by atoms with E-state index in [0.29, 0.717) is 5.96 Å². The molecule has 0 spiro atoms. The first-order valence-corrected chi connectivity index (χ1v) is 5.60. The summed E-state index contributed by atoms with van der Waals surface area (Å²) in [6.07, 6.45) is 6.07. The van der Waals surface area contributed by atoms with Crippen LogP contribution in [0, 0.1) is 0 Å². The second kappa shape index (κ2) is 10.3. The summed E-state index contributed by atoms with van der Waals surface area (Å²) in [5.74, 6) is 6.02. The van der Waals surface area contributed by atoms with Crippen LogP contribution in [0.25, 0.3) is 0 Å². The van der Waals surface area contributed by atoms with Crippen molar-refractivity contribution in [2.24, 2.45) is 10.8 Å². The van der Waals surface area contributed by atoms with E-state index in [1.165, 1.54) is 25.7 Å². The quantitative estimate of drug-likeness (QED) is 0.191. The lowest BCUT2D eigenvalue weighted by Gasteiger charge is -2.08. The van der Waals surface area contributed by atoms with Gasteiger partial charge < -0.3 is 5.32 Å². The van der Waals surface area contributed by atoms with Gasteiger partial charge in [0.2, 0.25) is 5.96 Å². The Morgan fingerprint density at radius 1 is 1.14 bits per heavy atom. The number of nitrogens with one attached hydrogen (secondary N) is 2. The molecule has 0 aliphatic carbocycles. The number of nitrogens with zero attached hydrogens (tertiary/aromatic N) is 1. The van der Waals surface area contributed by atoms with Crippen molar-refractivity contribution in [3.8, 4) is 0 Å². The highest BCUT2D eigenvalue weighted by molar-refractivity contribution is 5.79. The smallest absolute Gasteiger partial charge is 0.205 e. The molecule has 84 valence electrons. The van der Waals surface area contributed by atoms with Gasteiger partial charge in [-0.2, -0.15) is 0 Å². The average Bonchev–Trinajstić information content (AvgIpc) is 2.22. The summed E-state index contributed by atoms with van der Waals surface area (Å²) in [5, 5.41) is 3.18. The van der Waals surface area contributed by atoms with E-state index in [0.717, 1.165) is 19.5 Å². The molecule has 0 saturated carbocycles. The SMILES string of the molecule is CCCCCCNC(=NCCC)NN. The van der Waals surface area contributed by atoms with Gasteiger partial charge in [-0.05, 0) is 12.8 Å². The minimum Gasteiger partial charge on any atom is -0.355 e. The lowest BCUT2D eigenvalue weighted by molar-refractivity contribution is 0.647. The van der Waals surface area contributed by atoms with E-state index in [4.69, 9.17) is 5.84 Å². The minimum atomic E-state index is 0.711. The van der Waals surface area contributed by atoms with Gasteiger partial charge in [-0.1, -0.05) is 33.1 Å². The van der Waals surface area contributed by atoms with Crippen LogP contribution in [-0.4, -0.2) is 19.0 Å². The first-order chi connectivity index (χ1) is 6.85. The van der Waals surface area contributed by atoms with Gasteiger partial charge in [0, 0.05) is 13.1 Å². The Labute approximate surface area is 87.3 Å². The number of guanidine groups is 1. The maximum Gasteiger partial charge on any atom is 0.205 e. The monoisotopic (exact) mass is 200 g/mol. The number of rotatable bonds is 7. The minimum absolute atomic E-state index is 0.711. The van der Waals surface area contributed by atoms with Crippen LogP contribution in [0.3, 0.4) is 0 Å². The summed E-state index contributed by atoms with van der Waals surface area (Å²) in [4.78, 5) is 4.25. The molecule has 0 aromatic heterocycles. The summed E-state index contributed by atoms with van der Waals surface area (Å²) in [5.41, 5.74) is 2.57. The Morgan fingerprint density at radius 3 is 2.50 bits per heavy atom. The highest BCUT2D eigenvalue weighted by atomic mass is 15.3. The van der Waals surface area contributed by atoms with Crippen LogP contribution >= 0.6 is 0 Å². The highest BCUT2D eigenvalue weighted by Crippen LogP contribution is 1.96. The van der Waals surface area contributed by atoms with E-state index in [-0.39, 0.29) is 0 Å². The van der Waals surface area contributed by atoms with Gasteiger partial charge in [-0.3, -0.25) is 10.4 Å². The van der Waals surface area contributed by atoms with Gasteiger partial charge in [0.1, 0.15) is 0 Å². The Morgan fingerprint density at radius 2 is 1.93 bits per heavy atom. The number of hydrogen-bond donors (Lipinski definition) is 3. The van der Waals surface area contributed by atoms with Crippen molar-refractivity contribution in [3.63, 3.8) is 0 Å². The van der Waals surface area contributed by atoms with E-state index in [1.54, 1.807) is 0 Å². The van der Waals surface area contributed by atoms with Crippen molar-refractivity contribution in [1.82, 2.24) is 10.7 Å². The number of nitrogens with two attached hydrogens (primary N) is 1. The second-order valence-corrected chi connectivity index (χ2v) is 3.36. The van der Waals surface area contributed by atoms with Crippen LogP contribution in [-0.2, 0) is 0 Å². The molecule has 0 atom stereocenters. The molecule has 0 amide bonds. The standard InChI is InChI=1S/C10H24N4/c1-3-5-6-7-9-13-10(14-11)12-8-4-2/h3-9,11H2,1-2H3,(H2,12,13,14). The molecule has 0 rings (SSSR count). The largest absolute Gasteiger partial charge is 0.355 e. The van der Waals surface area contributed by atoms with Crippen LogP contribution in [0.1, 0.15) is 46.0 Å². The van der Waals surface area contributed by atoms with Crippen LogP contribution < -0.4 is 16.6 Å². The molecular formula is C10H24N4. The van der Waals surface area contributed by atoms with E-state index < -0.39 is 0 Å². The molecular weight excluding hydrogens is 176 g/mol. The molecule has 4 N–H and O–H groups in total. The zero-order chi connectivity index (χ0) is 10.6. The van der Waals surface area contributed by atoms with Crippen molar-refractivity contribution in [3.05, 3.63) is 0 Å². The first-order valence-electron chi connectivity index (χ1n) is 5.60. The lowest BCUT2D eigenvalue weighted by Crippen LogP contribution is -2.42. The molecule has 0 fully saturated rings. The van der Waals surface area contributed by atoms with E-state index in [1.807, 2.05) is 0 Å². The number of aliphatic imine (C=N–C) groups is 1. The number of hydrogen-bond acceptors (Lipinski definition) is 2. The van der Waals surface area contributed by atoms with Crippen molar-refractivity contribution in [2.75, 3.05) is 13.1 Å². The van der Waals surface area contributed by atoms with E-state index in [9.17, 15) is 0 Å². The van der Waals surface area contributed by atoms with Crippen LogP contribution in [0.5, 0.6) is 0 Å². The van der Waals surface area contributed by atoms with Crippen molar-refractivity contribution in [1.29, 1.82) is 0 Å². The molecule has 0 saturated heterocycles. The zero-order valence-corrected chi connectivity index (χ0v) is 9.47. The van der Waals surface area contributed by atoms with Crippen LogP contribution in [0.2, 0.25) is 0 Å². The van der Waals surface area contributed by atoms with Crippen molar-refractivity contribution >= 4 is 5.96 Å². The zero-order valence-electron chi connectivity index (χ0n) is 9.47. The van der Waals surface area contributed by atoms with Gasteiger partial charge in [0.25, 0.3) is 0 Å². The summed E-state index contributed by atoms with van der Waals surface area (Å²) >= 11 is 0. The fourth-order valence-corrected chi connectivity index (χ4v) is 1.13. The maximum atomic E-state index is 5.31. The first kappa shape index (κ1) is 13.2. The molecule has 14 heavy (non-hydrogen) atoms. The average molecular weight is 200 g/mol. The van der Waals surface area contributed by atoms with Crippen LogP contribution in [0.15, 0.2) is 4.99 Å². The van der Waals surface area contributed by atoms with Crippen molar-refractivity contribution < 1.29 is 0 Å². The molecule has 0 unspecified atom stereocenters. The molecule has 4 nitrogen and oxygen atoms in total. The summed E-state index contributed by atoms with van der Waals surface area (Å²) < 4.78 is 0. The molecule has 0 bridgehead atoms. The third-order valence-electron chi connectivity index (χ3n) is 1.95. The van der Waals surface area contributed by atoms with Gasteiger partial charge in [0.15, 0.2) is 0 Å². The lowest BCUT2D eigenvalue weighted by atomic mass is 10.2. The van der Waals surface area contributed by atoms with E-state index >= 15 is 0 Å². The highest BCUT2D eigenvalue weighted by Gasteiger charge is 1.93.